The molecule has 0 spiro atoms. The third kappa shape index (κ3) is 5.95. The van der Waals surface area contributed by atoms with E-state index in [0.29, 0.717) is 12.5 Å². The van der Waals surface area contributed by atoms with Crippen molar-refractivity contribution in [3.8, 4) is 5.75 Å². The molecule has 0 amide bonds. The summed E-state index contributed by atoms with van der Waals surface area (Å²) < 4.78 is 19.1. The summed E-state index contributed by atoms with van der Waals surface area (Å²) in [6, 6.07) is 28.1. The third-order valence-corrected chi connectivity index (χ3v) is 8.47. The summed E-state index contributed by atoms with van der Waals surface area (Å²) in [4.78, 5) is 2.47. The SMILES string of the molecule is COC(OC)C1CCN(c2ccc(C3=C(c4ccn(C)n4)CCc4cc(OCc5ccccc5)ccc43)cc2)CC1. The quantitative estimate of drug-likeness (QED) is 0.217. The minimum atomic E-state index is -0.118. The summed E-state index contributed by atoms with van der Waals surface area (Å²) >= 11 is 0. The molecule has 0 N–H and O–H groups in total. The maximum atomic E-state index is 6.18. The van der Waals surface area contributed by atoms with E-state index < -0.39 is 0 Å². The number of nitrogens with zero attached hydrogens (tertiary/aromatic N) is 3. The van der Waals surface area contributed by atoms with Gasteiger partial charge in [0.2, 0.25) is 0 Å². The molecule has 4 aromatic rings. The lowest BCUT2D eigenvalue weighted by Gasteiger charge is -2.36. The standard InChI is InChI=1S/C35H39N3O3/c1-37-20-19-33(36-37)32-15-11-28-23-30(41-24-25-7-5-4-6-8-25)14-16-31(28)34(32)26-9-12-29(13-10-26)38-21-17-27(18-22-38)35(39-2)40-3/h4-10,12-14,16,19-20,23,27,35H,11,15,17-18,21-22,24H2,1-3H3. The highest BCUT2D eigenvalue weighted by atomic mass is 16.7. The van der Waals surface area contributed by atoms with E-state index in [1.165, 1.54) is 39.1 Å². The van der Waals surface area contributed by atoms with E-state index in [1.807, 2.05) is 36.1 Å². The number of rotatable bonds is 9. The minimum absolute atomic E-state index is 0.118. The van der Waals surface area contributed by atoms with E-state index in [4.69, 9.17) is 19.3 Å². The van der Waals surface area contributed by atoms with Gasteiger partial charge in [-0.1, -0.05) is 48.5 Å². The van der Waals surface area contributed by atoms with Gasteiger partial charge in [0.15, 0.2) is 6.29 Å². The van der Waals surface area contributed by atoms with Gasteiger partial charge in [0.1, 0.15) is 12.4 Å². The molecule has 1 aromatic heterocycles. The highest BCUT2D eigenvalue weighted by molar-refractivity contribution is 6.00. The maximum Gasteiger partial charge on any atom is 0.159 e. The molecule has 6 heteroatoms. The molecular weight excluding hydrogens is 510 g/mol. The molecule has 1 aliphatic heterocycles. The van der Waals surface area contributed by atoms with Crippen LogP contribution in [-0.4, -0.2) is 43.4 Å². The molecule has 1 aliphatic carbocycles. The van der Waals surface area contributed by atoms with Crippen molar-refractivity contribution >= 4 is 16.8 Å². The number of hydrogen-bond acceptors (Lipinski definition) is 5. The van der Waals surface area contributed by atoms with Crippen LogP contribution in [0, 0.1) is 5.92 Å². The number of anilines is 1. The number of fused-ring (bicyclic) bond motifs is 1. The van der Waals surface area contributed by atoms with Crippen LogP contribution in [0.5, 0.6) is 5.75 Å². The molecule has 0 radical (unpaired) electrons. The summed E-state index contributed by atoms with van der Waals surface area (Å²) in [6.07, 6.45) is 5.93. The minimum Gasteiger partial charge on any atom is -0.489 e. The molecule has 6 rings (SSSR count). The van der Waals surface area contributed by atoms with Gasteiger partial charge < -0.3 is 19.1 Å². The second-order valence-electron chi connectivity index (χ2n) is 11.0. The largest absolute Gasteiger partial charge is 0.489 e. The monoisotopic (exact) mass is 549 g/mol. The van der Waals surface area contributed by atoms with Gasteiger partial charge in [-0.15, -0.1) is 0 Å². The van der Waals surface area contributed by atoms with Gasteiger partial charge in [0.05, 0.1) is 5.69 Å². The Kier molecular flexibility index (Phi) is 8.21. The Hall–Kier alpha value is -3.87. The summed E-state index contributed by atoms with van der Waals surface area (Å²) in [5, 5.41) is 4.80. The smallest absolute Gasteiger partial charge is 0.159 e. The number of aryl methyl sites for hydroxylation is 2. The normalized spacial score (nSPS) is 15.9. The highest BCUT2D eigenvalue weighted by Gasteiger charge is 2.27. The molecule has 0 unspecified atom stereocenters. The van der Waals surface area contributed by atoms with Gasteiger partial charge >= 0.3 is 0 Å². The Balaban J connectivity index is 1.27. The van der Waals surface area contributed by atoms with Gasteiger partial charge in [-0.25, -0.2) is 0 Å². The summed E-state index contributed by atoms with van der Waals surface area (Å²) in [6.45, 7) is 2.57. The Labute approximate surface area is 243 Å². The van der Waals surface area contributed by atoms with Crippen molar-refractivity contribution in [2.45, 2.75) is 38.6 Å². The molecule has 1 saturated heterocycles. The molecule has 1 fully saturated rings. The fourth-order valence-corrected chi connectivity index (χ4v) is 6.31. The molecule has 6 nitrogen and oxygen atoms in total. The van der Waals surface area contributed by atoms with Crippen LogP contribution in [0.15, 0.2) is 85.1 Å². The molecule has 3 aromatic carbocycles. The van der Waals surface area contributed by atoms with Gasteiger partial charge in [0.25, 0.3) is 0 Å². The van der Waals surface area contributed by atoms with Crippen LogP contribution in [0.1, 0.15) is 47.2 Å². The van der Waals surface area contributed by atoms with Crippen molar-refractivity contribution in [1.29, 1.82) is 0 Å². The first-order valence-electron chi connectivity index (χ1n) is 14.6. The second kappa shape index (κ2) is 12.3. The number of ether oxygens (including phenoxy) is 3. The second-order valence-corrected chi connectivity index (χ2v) is 11.0. The van der Waals surface area contributed by atoms with E-state index in [0.717, 1.165) is 50.2 Å². The first-order chi connectivity index (χ1) is 20.1. The molecule has 2 heterocycles. The molecule has 41 heavy (non-hydrogen) atoms. The summed E-state index contributed by atoms with van der Waals surface area (Å²) in [7, 11) is 5.45. The number of piperidine rings is 1. The first kappa shape index (κ1) is 27.3. The Morgan fingerprint density at radius 2 is 1.63 bits per heavy atom. The van der Waals surface area contributed by atoms with E-state index in [1.54, 1.807) is 14.2 Å². The van der Waals surface area contributed by atoms with Crippen LogP contribution in [0.25, 0.3) is 11.1 Å². The Morgan fingerprint density at radius 3 is 2.32 bits per heavy atom. The zero-order chi connectivity index (χ0) is 28.2. The van der Waals surface area contributed by atoms with Gasteiger partial charge in [0, 0.05) is 52.2 Å². The topological polar surface area (TPSA) is 48.8 Å². The number of methoxy groups -OCH3 is 2. The zero-order valence-corrected chi connectivity index (χ0v) is 24.3. The molecular formula is C35H39N3O3. The lowest BCUT2D eigenvalue weighted by Crippen LogP contribution is -2.39. The van der Waals surface area contributed by atoms with E-state index >= 15 is 0 Å². The van der Waals surface area contributed by atoms with Crippen molar-refractivity contribution in [1.82, 2.24) is 9.78 Å². The van der Waals surface area contributed by atoms with Crippen molar-refractivity contribution < 1.29 is 14.2 Å². The molecule has 2 aliphatic rings. The van der Waals surface area contributed by atoms with Crippen LogP contribution >= 0.6 is 0 Å². The predicted octanol–water partition coefficient (Wildman–Crippen LogP) is 6.74. The Bertz CT molecular complexity index is 1480. The van der Waals surface area contributed by atoms with E-state index in [-0.39, 0.29) is 6.29 Å². The van der Waals surface area contributed by atoms with E-state index in [2.05, 4.69) is 65.6 Å². The zero-order valence-electron chi connectivity index (χ0n) is 24.3. The van der Waals surface area contributed by atoms with E-state index in [9.17, 15) is 0 Å². The van der Waals surface area contributed by atoms with Crippen LogP contribution < -0.4 is 9.64 Å². The van der Waals surface area contributed by atoms with Crippen LogP contribution in [0.4, 0.5) is 5.69 Å². The average molecular weight is 550 g/mol. The van der Waals surface area contributed by atoms with Crippen molar-refractivity contribution in [3.63, 3.8) is 0 Å². The summed E-state index contributed by atoms with van der Waals surface area (Å²) in [5.74, 6) is 1.35. The lowest BCUT2D eigenvalue weighted by atomic mass is 9.81. The van der Waals surface area contributed by atoms with Crippen LogP contribution in [0.3, 0.4) is 0 Å². The third-order valence-electron chi connectivity index (χ3n) is 8.47. The van der Waals surface area contributed by atoms with Gasteiger partial charge in [-0.3, -0.25) is 4.68 Å². The van der Waals surface area contributed by atoms with Gasteiger partial charge in [-0.05, 0) is 89.4 Å². The summed E-state index contributed by atoms with van der Waals surface area (Å²) in [5.41, 5.74) is 9.87. The molecule has 212 valence electrons. The number of hydrogen-bond donors (Lipinski definition) is 0. The fourth-order valence-electron chi connectivity index (χ4n) is 6.31. The highest BCUT2D eigenvalue weighted by Crippen LogP contribution is 2.42. The molecule has 0 bridgehead atoms. The number of benzene rings is 3. The fraction of sp³-hybridized carbons (Fsp3) is 0.343. The van der Waals surface area contributed by atoms with Crippen LogP contribution in [-0.2, 0) is 29.5 Å². The Morgan fingerprint density at radius 1 is 0.878 bits per heavy atom. The van der Waals surface area contributed by atoms with Crippen molar-refractivity contribution in [2.75, 3.05) is 32.2 Å². The van der Waals surface area contributed by atoms with Crippen LogP contribution in [0.2, 0.25) is 0 Å². The van der Waals surface area contributed by atoms with Crippen molar-refractivity contribution in [3.05, 3.63) is 113 Å². The van der Waals surface area contributed by atoms with Gasteiger partial charge in [-0.2, -0.15) is 5.10 Å². The molecule has 0 saturated carbocycles. The number of aromatic nitrogens is 2. The lowest BCUT2D eigenvalue weighted by molar-refractivity contribution is -0.141. The first-order valence-corrected chi connectivity index (χ1v) is 14.6. The average Bonchev–Trinajstić information content (AvgIpc) is 3.47. The van der Waals surface area contributed by atoms with Crippen molar-refractivity contribution in [2.24, 2.45) is 13.0 Å². The predicted molar refractivity (Wildman–Crippen MR) is 164 cm³/mol. The maximum absolute atomic E-state index is 6.18. The molecule has 0 atom stereocenters. The number of allylic oxidation sites excluding steroid dienone is 1.